The van der Waals surface area contributed by atoms with Crippen LogP contribution in [0.15, 0.2) is 30.3 Å². The summed E-state index contributed by atoms with van der Waals surface area (Å²) in [4.78, 5) is 11.9. The van der Waals surface area contributed by atoms with E-state index in [9.17, 15) is 4.79 Å². The van der Waals surface area contributed by atoms with Crippen molar-refractivity contribution >= 4 is 5.91 Å². The molecule has 2 atom stereocenters. The summed E-state index contributed by atoms with van der Waals surface area (Å²) in [6.45, 7) is 1.98. The number of rotatable bonds is 5. The Hall–Kier alpha value is -1.35. The molecule has 1 aliphatic rings. The fraction of sp³-hybridized carbons (Fsp3) is 0.500. The number of nitrogens with one attached hydrogen (secondary N) is 1. The Labute approximate surface area is 102 Å². The second-order valence-corrected chi connectivity index (χ2v) is 4.93. The first-order chi connectivity index (χ1) is 8.16. The van der Waals surface area contributed by atoms with Crippen LogP contribution in [0.4, 0.5) is 0 Å². The molecule has 1 aromatic carbocycles. The van der Waals surface area contributed by atoms with Gasteiger partial charge in [-0.3, -0.25) is 4.79 Å². The lowest BCUT2D eigenvalue weighted by Crippen LogP contribution is -2.41. The van der Waals surface area contributed by atoms with E-state index in [0.29, 0.717) is 5.92 Å². The molecule has 0 spiro atoms. The zero-order valence-electron chi connectivity index (χ0n) is 10.2. The Balaban J connectivity index is 1.85. The summed E-state index contributed by atoms with van der Waals surface area (Å²) in [6, 6.07) is 9.61. The summed E-state index contributed by atoms with van der Waals surface area (Å²) in [6.07, 6.45) is 3.29. The standard InChI is InChI=1S/C14H20N2O/c1-10(12-5-3-2-4-6-12)16-14(17)13(15)9-11-7-8-11/h2-6,10-11,13H,7-9,15H2,1H3,(H,16,17)/t10?,13-/m0/s1. The molecule has 1 aliphatic carbocycles. The number of benzene rings is 1. The van der Waals surface area contributed by atoms with E-state index >= 15 is 0 Å². The predicted molar refractivity (Wildman–Crippen MR) is 68.3 cm³/mol. The molecule has 0 saturated heterocycles. The van der Waals surface area contributed by atoms with Crippen molar-refractivity contribution in [3.63, 3.8) is 0 Å². The second kappa shape index (κ2) is 5.32. The normalized spacial score (nSPS) is 18.5. The van der Waals surface area contributed by atoms with Crippen LogP contribution in [0.2, 0.25) is 0 Å². The molecule has 3 heteroatoms. The molecule has 1 amide bonds. The van der Waals surface area contributed by atoms with Crippen LogP contribution in [-0.4, -0.2) is 11.9 Å². The number of carbonyl (C=O) groups excluding carboxylic acids is 1. The summed E-state index contributed by atoms with van der Waals surface area (Å²) < 4.78 is 0. The number of nitrogens with two attached hydrogens (primary N) is 1. The molecule has 1 saturated carbocycles. The van der Waals surface area contributed by atoms with Gasteiger partial charge in [0.05, 0.1) is 12.1 Å². The molecule has 3 nitrogen and oxygen atoms in total. The largest absolute Gasteiger partial charge is 0.348 e. The van der Waals surface area contributed by atoms with E-state index in [1.54, 1.807) is 0 Å². The maximum atomic E-state index is 11.9. The SMILES string of the molecule is CC(NC(=O)[C@@H](N)CC1CC1)c1ccccc1. The van der Waals surface area contributed by atoms with Gasteiger partial charge in [-0.15, -0.1) is 0 Å². The fourth-order valence-corrected chi connectivity index (χ4v) is 1.97. The van der Waals surface area contributed by atoms with Gasteiger partial charge in [-0.2, -0.15) is 0 Å². The van der Waals surface area contributed by atoms with Crippen molar-refractivity contribution in [1.29, 1.82) is 0 Å². The van der Waals surface area contributed by atoms with Gasteiger partial charge >= 0.3 is 0 Å². The molecule has 0 radical (unpaired) electrons. The van der Waals surface area contributed by atoms with Gasteiger partial charge in [0.2, 0.25) is 5.91 Å². The first kappa shape index (κ1) is 12.1. The van der Waals surface area contributed by atoms with Crippen molar-refractivity contribution < 1.29 is 4.79 Å². The highest BCUT2D eigenvalue weighted by molar-refractivity contribution is 5.81. The van der Waals surface area contributed by atoms with Crippen LogP contribution in [0.5, 0.6) is 0 Å². The summed E-state index contributed by atoms with van der Waals surface area (Å²) >= 11 is 0. The molecular formula is C14H20N2O. The van der Waals surface area contributed by atoms with E-state index in [1.807, 2.05) is 37.3 Å². The van der Waals surface area contributed by atoms with Crippen LogP contribution in [0, 0.1) is 5.92 Å². The minimum absolute atomic E-state index is 0.0222. The molecule has 1 aromatic rings. The molecule has 0 aromatic heterocycles. The molecule has 2 rings (SSSR count). The zero-order chi connectivity index (χ0) is 12.3. The third-order valence-electron chi connectivity index (χ3n) is 3.28. The van der Waals surface area contributed by atoms with Gasteiger partial charge in [-0.1, -0.05) is 43.2 Å². The number of hydrogen-bond acceptors (Lipinski definition) is 2. The van der Waals surface area contributed by atoms with E-state index in [0.717, 1.165) is 12.0 Å². The number of carbonyl (C=O) groups is 1. The second-order valence-electron chi connectivity index (χ2n) is 4.93. The van der Waals surface area contributed by atoms with Crippen LogP contribution < -0.4 is 11.1 Å². The van der Waals surface area contributed by atoms with Crippen LogP contribution >= 0.6 is 0 Å². The molecule has 0 heterocycles. The van der Waals surface area contributed by atoms with Crippen molar-refractivity contribution in [1.82, 2.24) is 5.32 Å². The monoisotopic (exact) mass is 232 g/mol. The summed E-state index contributed by atoms with van der Waals surface area (Å²) in [7, 11) is 0. The lowest BCUT2D eigenvalue weighted by Gasteiger charge is -2.17. The van der Waals surface area contributed by atoms with E-state index in [2.05, 4.69) is 5.32 Å². The number of amides is 1. The fourth-order valence-electron chi connectivity index (χ4n) is 1.97. The smallest absolute Gasteiger partial charge is 0.237 e. The molecule has 92 valence electrons. The summed E-state index contributed by atoms with van der Waals surface area (Å²) in [5.74, 6) is 0.649. The van der Waals surface area contributed by atoms with Gasteiger partial charge < -0.3 is 11.1 Å². The first-order valence-corrected chi connectivity index (χ1v) is 6.27. The average Bonchev–Trinajstić information content (AvgIpc) is 3.14. The molecule has 1 fully saturated rings. The predicted octanol–water partition coefficient (Wildman–Crippen LogP) is 1.99. The summed E-state index contributed by atoms with van der Waals surface area (Å²) in [5.41, 5.74) is 6.98. The molecule has 17 heavy (non-hydrogen) atoms. The lowest BCUT2D eigenvalue weighted by molar-refractivity contribution is -0.123. The highest BCUT2D eigenvalue weighted by Crippen LogP contribution is 2.33. The van der Waals surface area contributed by atoms with Crippen molar-refractivity contribution in [3.8, 4) is 0 Å². The van der Waals surface area contributed by atoms with Crippen LogP contribution in [0.25, 0.3) is 0 Å². The zero-order valence-corrected chi connectivity index (χ0v) is 10.2. The van der Waals surface area contributed by atoms with Gasteiger partial charge in [0.25, 0.3) is 0 Å². The van der Waals surface area contributed by atoms with Gasteiger partial charge in [0.15, 0.2) is 0 Å². The van der Waals surface area contributed by atoms with Gasteiger partial charge in [0.1, 0.15) is 0 Å². The molecule has 0 aliphatic heterocycles. The van der Waals surface area contributed by atoms with Crippen molar-refractivity contribution in [2.45, 2.75) is 38.3 Å². The highest BCUT2D eigenvalue weighted by atomic mass is 16.2. The van der Waals surface area contributed by atoms with Crippen molar-refractivity contribution in [2.24, 2.45) is 11.7 Å². The molecule has 0 bridgehead atoms. The maximum Gasteiger partial charge on any atom is 0.237 e. The van der Waals surface area contributed by atoms with Crippen molar-refractivity contribution in [3.05, 3.63) is 35.9 Å². The number of hydrogen-bond donors (Lipinski definition) is 2. The van der Waals surface area contributed by atoms with Gasteiger partial charge in [0, 0.05) is 0 Å². The Morgan fingerprint density at radius 3 is 2.65 bits per heavy atom. The van der Waals surface area contributed by atoms with Gasteiger partial charge in [-0.25, -0.2) is 0 Å². The van der Waals surface area contributed by atoms with Crippen LogP contribution in [0.3, 0.4) is 0 Å². The maximum absolute atomic E-state index is 11.9. The topological polar surface area (TPSA) is 55.1 Å². The van der Waals surface area contributed by atoms with E-state index in [4.69, 9.17) is 5.73 Å². The lowest BCUT2D eigenvalue weighted by atomic mass is 10.1. The quantitative estimate of drug-likeness (QED) is 0.815. The minimum atomic E-state index is -0.353. The van der Waals surface area contributed by atoms with E-state index in [-0.39, 0.29) is 18.0 Å². The van der Waals surface area contributed by atoms with Crippen molar-refractivity contribution in [2.75, 3.05) is 0 Å². The minimum Gasteiger partial charge on any atom is -0.348 e. The summed E-state index contributed by atoms with van der Waals surface area (Å²) in [5, 5.41) is 2.97. The van der Waals surface area contributed by atoms with Crippen LogP contribution in [-0.2, 0) is 4.79 Å². The van der Waals surface area contributed by atoms with Crippen LogP contribution in [0.1, 0.15) is 37.8 Å². The molecule has 1 unspecified atom stereocenters. The first-order valence-electron chi connectivity index (χ1n) is 6.27. The Kier molecular flexibility index (Phi) is 3.79. The Morgan fingerprint density at radius 1 is 1.41 bits per heavy atom. The average molecular weight is 232 g/mol. The van der Waals surface area contributed by atoms with E-state index < -0.39 is 0 Å². The third kappa shape index (κ3) is 3.56. The highest BCUT2D eigenvalue weighted by Gasteiger charge is 2.27. The van der Waals surface area contributed by atoms with E-state index in [1.165, 1.54) is 12.8 Å². The third-order valence-corrected chi connectivity index (χ3v) is 3.28. The van der Waals surface area contributed by atoms with Gasteiger partial charge in [-0.05, 0) is 24.8 Å². The Bertz CT molecular complexity index is 373. The molecule has 3 N–H and O–H groups in total. The molecular weight excluding hydrogens is 212 g/mol. The Morgan fingerprint density at radius 2 is 2.06 bits per heavy atom.